The summed E-state index contributed by atoms with van der Waals surface area (Å²) in [6.45, 7) is 4.89. The normalized spacial score (nSPS) is 17.7. The average Bonchev–Trinajstić information content (AvgIpc) is 3.13. The summed E-state index contributed by atoms with van der Waals surface area (Å²) in [5.74, 6) is -1.20. The maximum absolute atomic E-state index is 13.1. The second kappa shape index (κ2) is 8.32. The molecule has 1 aliphatic rings. The molecule has 3 aromatic rings. The molecule has 1 saturated heterocycles. The zero-order chi connectivity index (χ0) is 22.2. The van der Waals surface area contributed by atoms with Crippen LogP contribution in [0.4, 0.5) is 0 Å². The largest absolute Gasteiger partial charge is 0.417 e. The third-order valence-electron chi connectivity index (χ3n) is 5.74. The third kappa shape index (κ3) is 4.42. The minimum absolute atomic E-state index is 0.0409. The summed E-state index contributed by atoms with van der Waals surface area (Å²) < 4.78 is 32.6. The van der Waals surface area contributed by atoms with Crippen LogP contribution in [0.15, 0.2) is 50.5 Å². The van der Waals surface area contributed by atoms with Gasteiger partial charge in [0.15, 0.2) is 5.58 Å². The van der Waals surface area contributed by atoms with E-state index in [0.717, 1.165) is 16.7 Å². The predicted molar refractivity (Wildman–Crippen MR) is 116 cm³/mol. The number of H-pyrrole nitrogens is 1. The highest BCUT2D eigenvalue weighted by Crippen LogP contribution is 2.26. The summed E-state index contributed by atoms with van der Waals surface area (Å²) in [5, 5.41) is 2.96. The molecular formula is C22H25N3O5S. The summed E-state index contributed by atoms with van der Waals surface area (Å²) >= 11 is 0. The molecule has 0 aliphatic carbocycles. The molecule has 1 aromatic heterocycles. The van der Waals surface area contributed by atoms with Crippen molar-refractivity contribution in [2.75, 3.05) is 13.1 Å². The first-order valence-corrected chi connectivity index (χ1v) is 11.6. The van der Waals surface area contributed by atoms with Crippen molar-refractivity contribution in [3.8, 4) is 0 Å². The third-order valence-corrected chi connectivity index (χ3v) is 7.60. The number of aromatic amines is 1. The van der Waals surface area contributed by atoms with Gasteiger partial charge >= 0.3 is 5.76 Å². The number of nitrogens with zero attached hydrogens (tertiary/aromatic N) is 1. The van der Waals surface area contributed by atoms with Crippen LogP contribution in [0.1, 0.15) is 29.5 Å². The number of aryl methyl sites for hydroxylation is 2. The van der Waals surface area contributed by atoms with E-state index >= 15 is 0 Å². The van der Waals surface area contributed by atoms with E-state index < -0.39 is 21.7 Å². The number of piperidine rings is 1. The van der Waals surface area contributed by atoms with Crippen molar-refractivity contribution >= 4 is 27.0 Å². The maximum Gasteiger partial charge on any atom is 0.417 e. The number of fused-ring (bicyclic) bond motifs is 1. The molecule has 1 amide bonds. The number of rotatable bonds is 5. The molecular weight excluding hydrogens is 418 g/mol. The summed E-state index contributed by atoms with van der Waals surface area (Å²) in [6, 6.07) is 10.4. The molecule has 1 aliphatic heterocycles. The number of hydrogen-bond donors (Lipinski definition) is 2. The number of carbonyl (C=O) groups is 1. The number of nitrogens with one attached hydrogen (secondary N) is 2. The molecule has 8 nitrogen and oxygen atoms in total. The number of sulfonamides is 1. The van der Waals surface area contributed by atoms with Gasteiger partial charge < -0.3 is 9.73 Å². The van der Waals surface area contributed by atoms with Crippen LogP contribution in [0.3, 0.4) is 0 Å². The van der Waals surface area contributed by atoms with Crippen molar-refractivity contribution in [1.82, 2.24) is 14.6 Å². The Bertz CT molecular complexity index is 1290. The van der Waals surface area contributed by atoms with Crippen molar-refractivity contribution in [3.63, 3.8) is 0 Å². The molecule has 2 aromatic carbocycles. The maximum atomic E-state index is 13.1. The van der Waals surface area contributed by atoms with Crippen LogP contribution >= 0.6 is 0 Å². The molecule has 0 spiro atoms. The fraction of sp³-hybridized carbons (Fsp3) is 0.364. The number of amides is 1. The summed E-state index contributed by atoms with van der Waals surface area (Å²) in [6.07, 6.45) is 1.23. The van der Waals surface area contributed by atoms with E-state index in [1.165, 1.54) is 22.5 Å². The van der Waals surface area contributed by atoms with Crippen molar-refractivity contribution in [2.24, 2.45) is 5.92 Å². The molecule has 0 saturated carbocycles. The number of hydrogen-bond acceptors (Lipinski definition) is 5. The first kappa shape index (κ1) is 21.3. The summed E-state index contributed by atoms with van der Waals surface area (Å²) in [5.41, 5.74) is 3.90. The fourth-order valence-electron chi connectivity index (χ4n) is 3.93. The smallest absolute Gasteiger partial charge is 0.408 e. The van der Waals surface area contributed by atoms with Gasteiger partial charge in [0.2, 0.25) is 15.9 Å². The molecule has 4 rings (SSSR count). The lowest BCUT2D eigenvalue weighted by Crippen LogP contribution is -2.45. The van der Waals surface area contributed by atoms with Crippen LogP contribution in [0.5, 0.6) is 0 Å². The zero-order valence-electron chi connectivity index (χ0n) is 17.5. The molecule has 164 valence electrons. The molecule has 0 unspecified atom stereocenters. The SMILES string of the molecule is Cc1ccc(C)c(CNC(=O)[C@H]2CCCN(S(=O)(=O)c3ccc4[nH]c(=O)oc4c3)C2)c1. The second-order valence-corrected chi connectivity index (χ2v) is 9.96. The van der Waals surface area contributed by atoms with Gasteiger partial charge in [0.25, 0.3) is 0 Å². The van der Waals surface area contributed by atoms with Crippen molar-refractivity contribution in [2.45, 2.75) is 38.1 Å². The number of benzene rings is 2. The first-order chi connectivity index (χ1) is 14.7. The molecule has 0 radical (unpaired) electrons. The Morgan fingerprint density at radius 1 is 1.23 bits per heavy atom. The van der Waals surface area contributed by atoms with Gasteiger partial charge in [0.05, 0.1) is 16.3 Å². The fourth-order valence-corrected chi connectivity index (χ4v) is 5.47. The molecule has 31 heavy (non-hydrogen) atoms. The monoisotopic (exact) mass is 443 g/mol. The van der Waals surface area contributed by atoms with Crippen molar-refractivity contribution in [1.29, 1.82) is 0 Å². The number of carbonyl (C=O) groups excluding carboxylic acids is 1. The second-order valence-electron chi connectivity index (χ2n) is 8.02. The van der Waals surface area contributed by atoms with E-state index in [4.69, 9.17) is 4.42 Å². The molecule has 1 atom stereocenters. The Labute approximate surface area is 180 Å². The topological polar surface area (TPSA) is 112 Å². The molecule has 0 bridgehead atoms. The Morgan fingerprint density at radius 2 is 2.03 bits per heavy atom. The standard InChI is InChI=1S/C22H25N3O5S/c1-14-5-6-15(2)17(10-14)12-23-21(26)16-4-3-9-25(13-16)31(28,29)18-7-8-19-20(11-18)30-22(27)24-19/h5-8,10-11,16H,3-4,9,12-13H2,1-2H3,(H,23,26)(H,24,27)/t16-/m0/s1. The Morgan fingerprint density at radius 3 is 2.84 bits per heavy atom. The van der Waals surface area contributed by atoms with E-state index in [-0.39, 0.29) is 22.9 Å². The van der Waals surface area contributed by atoms with Crippen LogP contribution in [-0.2, 0) is 21.4 Å². The first-order valence-electron chi connectivity index (χ1n) is 10.2. The highest BCUT2D eigenvalue weighted by atomic mass is 32.2. The van der Waals surface area contributed by atoms with Gasteiger partial charge in [-0.1, -0.05) is 23.8 Å². The minimum Gasteiger partial charge on any atom is -0.408 e. The van der Waals surface area contributed by atoms with E-state index in [1.807, 2.05) is 32.0 Å². The van der Waals surface area contributed by atoms with Gasteiger partial charge in [0.1, 0.15) is 0 Å². The Hall–Kier alpha value is -2.91. The van der Waals surface area contributed by atoms with E-state index in [2.05, 4.69) is 10.3 Å². The average molecular weight is 444 g/mol. The number of oxazole rings is 1. The molecule has 2 N–H and O–H groups in total. The highest BCUT2D eigenvalue weighted by molar-refractivity contribution is 7.89. The quantitative estimate of drug-likeness (QED) is 0.629. The van der Waals surface area contributed by atoms with Gasteiger partial charge in [-0.3, -0.25) is 9.78 Å². The van der Waals surface area contributed by atoms with Crippen LogP contribution in [-0.4, -0.2) is 36.7 Å². The molecule has 1 fully saturated rings. The van der Waals surface area contributed by atoms with Crippen molar-refractivity contribution in [3.05, 3.63) is 63.6 Å². The summed E-state index contributed by atoms with van der Waals surface area (Å²) in [7, 11) is -3.81. The number of aromatic nitrogens is 1. The van der Waals surface area contributed by atoms with Crippen LogP contribution in [0, 0.1) is 19.8 Å². The van der Waals surface area contributed by atoms with Crippen LogP contribution in [0.25, 0.3) is 11.1 Å². The minimum atomic E-state index is -3.81. The molecule has 2 heterocycles. The van der Waals surface area contributed by atoms with Gasteiger partial charge in [-0.05, 0) is 49.9 Å². The van der Waals surface area contributed by atoms with Gasteiger partial charge in [-0.2, -0.15) is 4.31 Å². The van der Waals surface area contributed by atoms with Crippen molar-refractivity contribution < 1.29 is 17.6 Å². The zero-order valence-corrected chi connectivity index (χ0v) is 18.3. The van der Waals surface area contributed by atoms with E-state index in [1.54, 1.807) is 0 Å². The predicted octanol–water partition coefficient (Wildman–Crippen LogP) is 2.46. The van der Waals surface area contributed by atoms with Gasteiger partial charge in [0, 0.05) is 25.7 Å². The van der Waals surface area contributed by atoms with Crippen LogP contribution < -0.4 is 11.1 Å². The van der Waals surface area contributed by atoms with Gasteiger partial charge in [-0.15, -0.1) is 0 Å². The van der Waals surface area contributed by atoms with Crippen LogP contribution in [0.2, 0.25) is 0 Å². The van der Waals surface area contributed by atoms with Gasteiger partial charge in [-0.25, -0.2) is 13.2 Å². The lowest BCUT2D eigenvalue weighted by molar-refractivity contribution is -0.126. The van der Waals surface area contributed by atoms with E-state index in [0.29, 0.717) is 31.4 Å². The van der Waals surface area contributed by atoms with E-state index in [9.17, 15) is 18.0 Å². The Balaban J connectivity index is 1.47. The lowest BCUT2D eigenvalue weighted by Gasteiger charge is -2.31. The highest BCUT2D eigenvalue weighted by Gasteiger charge is 2.33. The lowest BCUT2D eigenvalue weighted by atomic mass is 9.98. The Kier molecular flexibility index (Phi) is 5.72. The molecule has 9 heteroatoms. The summed E-state index contributed by atoms with van der Waals surface area (Å²) in [4.78, 5) is 26.6.